The molecule has 10 heteroatoms. The van der Waals surface area contributed by atoms with Gasteiger partial charge in [-0.2, -0.15) is 8.78 Å². The third kappa shape index (κ3) is 5.52. The molecule has 0 bridgehead atoms. The molecule has 0 fully saturated rings. The lowest BCUT2D eigenvalue weighted by Crippen LogP contribution is -2.22. The molecule has 1 aromatic heterocycles. The monoisotopic (exact) mass is 401 g/mol. The molecular formula is C17H14ClF2NO6. The minimum atomic E-state index is -3.03. The number of amides is 1. The lowest BCUT2D eigenvalue weighted by atomic mass is 10.1. The van der Waals surface area contributed by atoms with Gasteiger partial charge in [-0.15, -0.1) is 0 Å². The van der Waals surface area contributed by atoms with E-state index in [9.17, 15) is 23.2 Å². The van der Waals surface area contributed by atoms with Crippen LogP contribution in [0.4, 0.5) is 14.5 Å². The molecule has 0 atom stereocenters. The largest absolute Gasteiger partial charge is 0.452 e. The van der Waals surface area contributed by atoms with E-state index in [1.807, 2.05) is 0 Å². The van der Waals surface area contributed by atoms with E-state index < -0.39 is 30.7 Å². The zero-order valence-corrected chi connectivity index (χ0v) is 14.9. The van der Waals surface area contributed by atoms with Gasteiger partial charge in [0.2, 0.25) is 0 Å². The van der Waals surface area contributed by atoms with Crippen molar-refractivity contribution in [3.05, 3.63) is 56.6 Å². The van der Waals surface area contributed by atoms with E-state index in [1.165, 1.54) is 26.0 Å². The van der Waals surface area contributed by atoms with Gasteiger partial charge in [0.05, 0.1) is 5.02 Å². The SMILES string of the molecule is Cc1cc(=O)oc(C)c1C(=O)OCC(=O)Nc1ccc(OC(F)F)c(Cl)c1. The Labute approximate surface area is 156 Å². The van der Waals surface area contributed by atoms with Gasteiger partial charge in [0.15, 0.2) is 6.61 Å². The van der Waals surface area contributed by atoms with E-state index in [-0.39, 0.29) is 27.8 Å². The van der Waals surface area contributed by atoms with Crippen molar-refractivity contribution < 1.29 is 32.3 Å². The number of esters is 1. The molecule has 144 valence electrons. The Kier molecular flexibility index (Phi) is 6.51. The van der Waals surface area contributed by atoms with Crippen LogP contribution in [0.5, 0.6) is 5.75 Å². The Morgan fingerprint density at radius 1 is 1.26 bits per heavy atom. The molecular weight excluding hydrogens is 388 g/mol. The molecule has 1 N–H and O–H groups in total. The quantitative estimate of drug-likeness (QED) is 0.746. The number of nitrogens with one attached hydrogen (secondary N) is 1. The smallest absolute Gasteiger partial charge is 0.387 e. The van der Waals surface area contributed by atoms with Gasteiger partial charge in [-0.3, -0.25) is 4.79 Å². The van der Waals surface area contributed by atoms with E-state index in [4.69, 9.17) is 20.8 Å². The molecule has 0 saturated carbocycles. The van der Waals surface area contributed by atoms with Crippen molar-refractivity contribution in [1.29, 1.82) is 0 Å². The number of benzene rings is 1. The molecule has 0 radical (unpaired) electrons. The zero-order valence-electron chi connectivity index (χ0n) is 14.2. The first-order chi connectivity index (χ1) is 12.7. The van der Waals surface area contributed by atoms with Crippen LogP contribution in [-0.4, -0.2) is 25.1 Å². The Balaban J connectivity index is 1.98. The predicted octanol–water partition coefficient (Wildman–Crippen LogP) is 3.31. The van der Waals surface area contributed by atoms with Crippen molar-refractivity contribution in [2.24, 2.45) is 0 Å². The van der Waals surface area contributed by atoms with Gasteiger partial charge < -0.3 is 19.2 Å². The highest BCUT2D eigenvalue weighted by Gasteiger charge is 2.18. The number of halogens is 3. The van der Waals surface area contributed by atoms with Crippen LogP contribution in [0.25, 0.3) is 0 Å². The highest BCUT2D eigenvalue weighted by molar-refractivity contribution is 6.32. The van der Waals surface area contributed by atoms with Crippen LogP contribution in [0.15, 0.2) is 33.5 Å². The van der Waals surface area contributed by atoms with Crippen molar-refractivity contribution in [1.82, 2.24) is 0 Å². The fourth-order valence-electron chi connectivity index (χ4n) is 2.23. The zero-order chi connectivity index (χ0) is 20.1. The first kappa shape index (κ1) is 20.4. The van der Waals surface area contributed by atoms with Gasteiger partial charge in [-0.1, -0.05) is 11.6 Å². The molecule has 1 amide bonds. The number of rotatable bonds is 6. The third-order valence-corrected chi connectivity index (χ3v) is 3.60. The number of ether oxygens (including phenoxy) is 2. The second kappa shape index (κ2) is 8.63. The number of aryl methyl sites for hydroxylation is 2. The summed E-state index contributed by atoms with van der Waals surface area (Å²) < 4.78 is 38.3. The normalized spacial score (nSPS) is 10.6. The molecule has 7 nitrogen and oxygen atoms in total. The molecule has 0 unspecified atom stereocenters. The van der Waals surface area contributed by atoms with Crippen LogP contribution in [0.2, 0.25) is 5.02 Å². The summed E-state index contributed by atoms with van der Waals surface area (Å²) in [5.41, 5.74) is 0.00526. The number of hydrogen-bond acceptors (Lipinski definition) is 6. The third-order valence-electron chi connectivity index (χ3n) is 3.30. The van der Waals surface area contributed by atoms with Crippen LogP contribution in [0.3, 0.4) is 0 Å². The molecule has 1 aromatic carbocycles. The highest BCUT2D eigenvalue weighted by atomic mass is 35.5. The Bertz CT molecular complexity index is 902. The number of carbonyl (C=O) groups is 2. The molecule has 0 spiro atoms. The maximum atomic E-state index is 12.2. The Morgan fingerprint density at radius 3 is 2.56 bits per heavy atom. The topological polar surface area (TPSA) is 94.8 Å². The summed E-state index contributed by atoms with van der Waals surface area (Å²) in [6.45, 7) is -0.692. The maximum absolute atomic E-state index is 12.2. The average Bonchev–Trinajstić information content (AvgIpc) is 2.54. The molecule has 0 aliphatic rings. The maximum Gasteiger partial charge on any atom is 0.387 e. The minimum Gasteiger partial charge on any atom is -0.452 e. The summed E-state index contributed by atoms with van der Waals surface area (Å²) in [7, 11) is 0. The molecule has 0 aliphatic heterocycles. The van der Waals surface area contributed by atoms with Crippen LogP contribution in [-0.2, 0) is 9.53 Å². The van der Waals surface area contributed by atoms with Gasteiger partial charge in [-0.05, 0) is 37.6 Å². The van der Waals surface area contributed by atoms with Crippen LogP contribution < -0.4 is 15.7 Å². The van der Waals surface area contributed by atoms with Crippen molar-refractivity contribution in [2.45, 2.75) is 20.5 Å². The lowest BCUT2D eigenvalue weighted by Gasteiger charge is -2.11. The van der Waals surface area contributed by atoms with Gasteiger partial charge in [0.1, 0.15) is 17.1 Å². The molecule has 0 saturated heterocycles. The molecule has 2 aromatic rings. The molecule has 1 heterocycles. The number of alkyl halides is 2. The number of hydrogen-bond donors (Lipinski definition) is 1. The minimum absolute atomic E-state index is 0.0546. The summed E-state index contributed by atoms with van der Waals surface area (Å²) in [6.07, 6.45) is 0. The summed E-state index contributed by atoms with van der Waals surface area (Å²) in [6, 6.07) is 4.80. The second-order valence-electron chi connectivity index (χ2n) is 5.33. The van der Waals surface area contributed by atoms with E-state index in [0.29, 0.717) is 5.56 Å². The fraction of sp³-hybridized carbons (Fsp3) is 0.235. The summed E-state index contributed by atoms with van der Waals surface area (Å²) >= 11 is 5.78. The fourth-order valence-corrected chi connectivity index (χ4v) is 2.46. The molecule has 27 heavy (non-hydrogen) atoms. The Morgan fingerprint density at radius 2 is 1.96 bits per heavy atom. The first-order valence-electron chi connectivity index (χ1n) is 7.50. The summed E-state index contributed by atoms with van der Waals surface area (Å²) in [4.78, 5) is 35.2. The van der Waals surface area contributed by atoms with E-state index in [1.54, 1.807) is 0 Å². The van der Waals surface area contributed by atoms with Crippen molar-refractivity contribution in [3.63, 3.8) is 0 Å². The van der Waals surface area contributed by atoms with Crippen LogP contribution in [0, 0.1) is 13.8 Å². The highest BCUT2D eigenvalue weighted by Crippen LogP contribution is 2.28. The predicted molar refractivity (Wildman–Crippen MR) is 91.4 cm³/mol. The van der Waals surface area contributed by atoms with Crippen LogP contribution >= 0.6 is 11.6 Å². The molecule has 0 aliphatic carbocycles. The van der Waals surface area contributed by atoms with Crippen molar-refractivity contribution in [2.75, 3.05) is 11.9 Å². The number of anilines is 1. The van der Waals surface area contributed by atoms with Gasteiger partial charge in [-0.25, -0.2) is 9.59 Å². The van der Waals surface area contributed by atoms with Gasteiger partial charge in [0.25, 0.3) is 5.91 Å². The number of carbonyl (C=O) groups excluding carboxylic acids is 2. The van der Waals surface area contributed by atoms with E-state index >= 15 is 0 Å². The Hall–Kier alpha value is -2.94. The summed E-state index contributed by atoms with van der Waals surface area (Å²) in [5.74, 6) is -1.68. The summed E-state index contributed by atoms with van der Waals surface area (Å²) in [5, 5.41) is 2.26. The van der Waals surface area contributed by atoms with Gasteiger partial charge >= 0.3 is 18.2 Å². The van der Waals surface area contributed by atoms with Crippen molar-refractivity contribution >= 4 is 29.2 Å². The standard InChI is InChI=1S/C17H14ClF2NO6/c1-8-5-14(23)26-9(2)15(8)16(24)25-7-13(22)21-10-3-4-12(11(18)6-10)27-17(19)20/h3-6,17H,7H2,1-2H3,(H,21,22). The second-order valence-corrected chi connectivity index (χ2v) is 5.73. The lowest BCUT2D eigenvalue weighted by molar-refractivity contribution is -0.119. The van der Waals surface area contributed by atoms with Crippen LogP contribution in [0.1, 0.15) is 21.7 Å². The molecule has 2 rings (SSSR count). The van der Waals surface area contributed by atoms with Gasteiger partial charge in [0, 0.05) is 11.8 Å². The average molecular weight is 402 g/mol. The van der Waals surface area contributed by atoms with E-state index in [0.717, 1.165) is 12.1 Å². The van der Waals surface area contributed by atoms with Crippen molar-refractivity contribution in [3.8, 4) is 5.75 Å². The first-order valence-corrected chi connectivity index (χ1v) is 7.88. The van der Waals surface area contributed by atoms with E-state index in [2.05, 4.69) is 10.1 Å².